The van der Waals surface area contributed by atoms with Crippen LogP contribution in [0.4, 0.5) is 0 Å². The second-order valence-corrected chi connectivity index (χ2v) is 14.5. The summed E-state index contributed by atoms with van der Waals surface area (Å²) in [6.07, 6.45) is 4.99. The van der Waals surface area contributed by atoms with Crippen LogP contribution in [-0.2, 0) is 4.43 Å². The molecule has 0 saturated carbocycles. The largest absolute Gasteiger partial charge is 0.417 e. The lowest BCUT2D eigenvalue weighted by Crippen LogP contribution is -2.45. The van der Waals surface area contributed by atoms with Crippen LogP contribution in [0.15, 0.2) is 31.9 Å². The van der Waals surface area contributed by atoms with Crippen LogP contribution in [0.3, 0.4) is 0 Å². The Morgan fingerprint density at radius 1 is 1.39 bits per heavy atom. The number of hydrogen-bond donors (Lipinski definition) is 2. The summed E-state index contributed by atoms with van der Waals surface area (Å²) in [6, 6.07) is -0.176. The maximum atomic E-state index is 12.2. The van der Waals surface area contributed by atoms with Gasteiger partial charge in [0.15, 0.2) is 8.32 Å². The first-order valence-electron chi connectivity index (χ1n) is 9.87. The molecule has 0 aliphatic heterocycles. The zero-order chi connectivity index (χ0) is 21.3. The zero-order valence-corrected chi connectivity index (χ0v) is 20.3. The molecule has 1 aliphatic carbocycles. The highest BCUT2D eigenvalue weighted by atomic mass is 79.9. The third kappa shape index (κ3) is 4.78. The molecule has 0 bridgehead atoms. The van der Waals surface area contributed by atoms with Gasteiger partial charge in [-0.05, 0) is 64.3 Å². The van der Waals surface area contributed by atoms with Gasteiger partial charge in [-0.1, -0.05) is 33.8 Å². The molecule has 2 rings (SSSR count). The van der Waals surface area contributed by atoms with Crippen molar-refractivity contribution in [2.45, 2.75) is 64.7 Å². The molecule has 0 amide bonds. The van der Waals surface area contributed by atoms with Gasteiger partial charge >= 0.3 is 5.69 Å². The van der Waals surface area contributed by atoms with Crippen LogP contribution in [0, 0.1) is 11.8 Å². The maximum Gasteiger partial charge on any atom is 0.328 e. The zero-order valence-electron chi connectivity index (χ0n) is 17.7. The first-order chi connectivity index (χ1) is 12.9. The Morgan fingerprint density at radius 3 is 2.61 bits per heavy atom. The average Bonchev–Trinajstić information content (AvgIpc) is 3.00. The molecule has 0 saturated heterocycles. The summed E-state index contributed by atoms with van der Waals surface area (Å²) in [5.74, 6) is 0.711. The average molecular weight is 473 g/mol. The number of nitrogens with one attached hydrogen (secondary N) is 1. The molecule has 1 aliphatic rings. The molecule has 1 aromatic rings. The minimum atomic E-state index is -1.88. The predicted octanol–water partition coefficient (Wildman–Crippen LogP) is 3.83. The highest BCUT2D eigenvalue weighted by Crippen LogP contribution is 2.45. The third-order valence-corrected chi connectivity index (χ3v) is 12.0. The molecule has 6 nitrogen and oxygen atoms in total. The number of aliphatic hydroxyl groups is 1. The first-order valence-corrected chi connectivity index (χ1v) is 13.6. The Kier molecular flexibility index (Phi) is 7.34. The summed E-state index contributed by atoms with van der Waals surface area (Å²) in [5.41, 5.74) is 0.0665. The van der Waals surface area contributed by atoms with Crippen molar-refractivity contribution < 1.29 is 9.53 Å². The number of nitrogens with zero attached hydrogens (tertiary/aromatic N) is 1. The molecule has 2 N–H and O–H groups in total. The summed E-state index contributed by atoms with van der Waals surface area (Å²) >= 11 is 3.18. The summed E-state index contributed by atoms with van der Waals surface area (Å²) in [5, 5.41) is 9.94. The van der Waals surface area contributed by atoms with Gasteiger partial charge < -0.3 is 9.53 Å². The van der Waals surface area contributed by atoms with Crippen molar-refractivity contribution in [1.82, 2.24) is 9.55 Å². The Morgan fingerprint density at radius 2 is 2.04 bits per heavy atom. The van der Waals surface area contributed by atoms with Gasteiger partial charge in [0.1, 0.15) is 0 Å². The van der Waals surface area contributed by atoms with Gasteiger partial charge in [-0.3, -0.25) is 14.3 Å². The molecular formula is C20H33BrN2O4Si. The van der Waals surface area contributed by atoms with Crippen LogP contribution in [0.25, 0.3) is 0 Å². The number of hydrogen-bond acceptors (Lipinski definition) is 4. The maximum absolute atomic E-state index is 12.2. The van der Waals surface area contributed by atoms with Crippen molar-refractivity contribution in [3.8, 4) is 0 Å². The number of aliphatic hydroxyl groups excluding tert-OH is 1. The Bertz CT molecular complexity index is 841. The summed E-state index contributed by atoms with van der Waals surface area (Å²) in [4.78, 5) is 26.1. The highest BCUT2D eigenvalue weighted by Gasteiger charge is 2.43. The number of allylic oxidation sites excluding steroid dienone is 1. The Hall–Kier alpha value is -0.963. The fourth-order valence-corrected chi connectivity index (χ4v) is 6.33. The van der Waals surface area contributed by atoms with Crippen LogP contribution >= 0.6 is 15.9 Å². The van der Waals surface area contributed by atoms with E-state index in [0.717, 1.165) is 12.0 Å². The minimum Gasteiger partial charge on any atom is -0.417 e. The number of rotatable bonds is 8. The molecule has 1 heterocycles. The lowest BCUT2D eigenvalue weighted by Gasteiger charge is -2.42. The monoisotopic (exact) mass is 472 g/mol. The molecule has 8 heteroatoms. The third-order valence-electron chi connectivity index (χ3n) is 6.85. The van der Waals surface area contributed by atoms with E-state index in [1.165, 1.54) is 10.8 Å². The van der Waals surface area contributed by atoms with Gasteiger partial charge in [0.2, 0.25) is 0 Å². The summed E-state index contributed by atoms with van der Waals surface area (Å²) < 4.78 is 8.25. The van der Waals surface area contributed by atoms with Gasteiger partial charge in [-0.25, -0.2) is 4.79 Å². The van der Waals surface area contributed by atoms with E-state index in [1.54, 1.807) is 0 Å². The van der Waals surface area contributed by atoms with Crippen LogP contribution < -0.4 is 11.2 Å². The van der Waals surface area contributed by atoms with Crippen LogP contribution in [0.5, 0.6) is 0 Å². The number of H-pyrrole nitrogens is 1. The number of aromatic amines is 1. The molecule has 0 aromatic carbocycles. The lowest BCUT2D eigenvalue weighted by molar-refractivity contribution is 0.237. The van der Waals surface area contributed by atoms with Crippen LogP contribution in [0.2, 0.25) is 18.1 Å². The molecule has 1 aromatic heterocycles. The quantitative estimate of drug-likeness (QED) is 0.444. The van der Waals surface area contributed by atoms with Crippen molar-refractivity contribution in [2.24, 2.45) is 11.8 Å². The molecular weight excluding hydrogens is 440 g/mol. The summed E-state index contributed by atoms with van der Waals surface area (Å²) in [6.45, 7) is 14.2. The molecule has 0 spiro atoms. The Balaban J connectivity index is 2.07. The van der Waals surface area contributed by atoms with E-state index in [1.807, 2.05) is 6.08 Å². The second-order valence-electron chi connectivity index (χ2n) is 9.07. The van der Waals surface area contributed by atoms with E-state index in [4.69, 9.17) is 4.43 Å². The van der Waals surface area contributed by atoms with Gasteiger partial charge in [-0.15, -0.1) is 0 Å². The second kappa shape index (κ2) is 8.81. The van der Waals surface area contributed by atoms with Crippen LogP contribution in [-0.4, -0.2) is 36.2 Å². The molecule has 158 valence electrons. The smallest absolute Gasteiger partial charge is 0.328 e. The summed E-state index contributed by atoms with van der Waals surface area (Å²) in [7, 11) is -1.88. The minimum absolute atomic E-state index is 0.0290. The van der Waals surface area contributed by atoms with E-state index < -0.39 is 19.6 Å². The van der Waals surface area contributed by atoms with Gasteiger partial charge in [0.05, 0.1) is 17.1 Å². The van der Waals surface area contributed by atoms with Crippen molar-refractivity contribution in [1.29, 1.82) is 0 Å². The highest BCUT2D eigenvalue weighted by molar-refractivity contribution is 9.10. The Labute approximate surface area is 176 Å². The standard InChI is InChI=1S/C20H33BrN2O4Si/c1-13(2)20(3,4)28(5,6)27-8-7-14-9-16(10-15(14)12-24)23-11-17(21)18(25)22-19(23)26/h10-11,13-14,16,24H,7-9,12H2,1-6H3,(H,22,25,26)/t14-,16+/m0/s1. The molecule has 28 heavy (non-hydrogen) atoms. The van der Waals surface area contributed by atoms with E-state index >= 15 is 0 Å². The predicted molar refractivity (Wildman–Crippen MR) is 118 cm³/mol. The molecule has 2 atom stereocenters. The normalized spacial score (nSPS) is 20.7. The van der Waals surface area contributed by atoms with E-state index in [2.05, 4.69) is 61.7 Å². The fourth-order valence-electron chi connectivity index (χ4n) is 3.62. The van der Waals surface area contributed by atoms with Gasteiger partial charge in [-0.2, -0.15) is 0 Å². The SMILES string of the molecule is CC(C)C(C)(C)[Si](C)(C)OCC[C@H]1C[C@@H](n2cc(Br)c(=O)[nH]c2=O)C=C1CO. The van der Waals surface area contributed by atoms with Gasteiger partial charge in [0.25, 0.3) is 5.56 Å². The lowest BCUT2D eigenvalue weighted by atomic mass is 9.98. The number of halogens is 1. The van der Waals surface area contributed by atoms with Crippen LogP contribution in [0.1, 0.15) is 46.6 Å². The van der Waals surface area contributed by atoms with E-state index in [-0.39, 0.29) is 23.6 Å². The van der Waals surface area contributed by atoms with Crippen molar-refractivity contribution in [2.75, 3.05) is 13.2 Å². The molecule has 0 radical (unpaired) electrons. The molecule has 0 unspecified atom stereocenters. The number of aromatic nitrogens is 2. The van der Waals surface area contributed by atoms with Gasteiger partial charge in [0, 0.05) is 12.8 Å². The fraction of sp³-hybridized carbons (Fsp3) is 0.700. The van der Waals surface area contributed by atoms with Crippen molar-refractivity contribution in [3.63, 3.8) is 0 Å². The van der Waals surface area contributed by atoms with E-state index in [0.29, 0.717) is 23.4 Å². The molecule has 0 fully saturated rings. The van der Waals surface area contributed by atoms with E-state index in [9.17, 15) is 14.7 Å². The van der Waals surface area contributed by atoms with Crippen molar-refractivity contribution in [3.05, 3.63) is 43.2 Å². The first kappa shape index (κ1) is 23.3. The van der Waals surface area contributed by atoms with Crippen molar-refractivity contribution >= 4 is 24.2 Å². The topological polar surface area (TPSA) is 84.3 Å².